The Labute approximate surface area is 402 Å². The predicted octanol–water partition coefficient (Wildman–Crippen LogP) is 14.9. The monoisotopic (exact) mass is 881 g/mol. The molecule has 0 aliphatic heterocycles. The summed E-state index contributed by atoms with van der Waals surface area (Å²) in [5.41, 5.74) is 29.7. The predicted molar refractivity (Wildman–Crippen MR) is 276 cm³/mol. The lowest BCUT2D eigenvalue weighted by Gasteiger charge is -2.43. The van der Waals surface area contributed by atoms with Gasteiger partial charge in [-0.2, -0.15) is 10.5 Å². The van der Waals surface area contributed by atoms with Crippen molar-refractivity contribution in [2.24, 2.45) is 0 Å². The fraction of sp³-hybridized carbons (Fsp3) is 0.0746. The highest BCUT2D eigenvalue weighted by Crippen LogP contribution is 2.68. The molecule has 0 atom stereocenters. The number of hydrogen-bond acceptors (Lipinski definition) is 2. The maximum absolute atomic E-state index is 11.6. The van der Waals surface area contributed by atoms with E-state index < -0.39 is 5.41 Å². The van der Waals surface area contributed by atoms with Gasteiger partial charge in [-0.05, 0) is 129 Å². The summed E-state index contributed by atoms with van der Waals surface area (Å²) in [5, 5.41) is 28.0. The summed E-state index contributed by atoms with van der Waals surface area (Å²) >= 11 is 0. The lowest BCUT2D eigenvalue weighted by atomic mass is 9.59. The first-order valence-corrected chi connectivity index (χ1v) is 24.6. The fourth-order valence-electron chi connectivity index (χ4n) is 16.1. The van der Waals surface area contributed by atoms with E-state index in [1.54, 1.807) is 0 Å². The lowest BCUT2D eigenvalue weighted by molar-refractivity contribution is 0.758. The van der Waals surface area contributed by atoms with Crippen LogP contribution in [0.3, 0.4) is 0 Å². The van der Waals surface area contributed by atoms with Gasteiger partial charge in [0.2, 0.25) is 0 Å². The third-order valence-electron chi connectivity index (χ3n) is 18.1. The molecule has 318 valence electrons. The Morgan fingerprint density at radius 1 is 0.357 bits per heavy atom. The van der Waals surface area contributed by atoms with Gasteiger partial charge >= 0.3 is 0 Å². The molecule has 8 aliphatic rings. The fourth-order valence-corrected chi connectivity index (χ4v) is 16.1. The van der Waals surface area contributed by atoms with Crippen LogP contribution in [0.4, 0.5) is 0 Å². The number of rotatable bonds is 0. The van der Waals surface area contributed by atoms with E-state index in [1.807, 2.05) is 0 Å². The molecule has 20 rings (SSSR count). The third-order valence-corrected chi connectivity index (χ3v) is 18.1. The summed E-state index contributed by atoms with van der Waals surface area (Å²) in [7, 11) is 0. The van der Waals surface area contributed by atoms with E-state index in [1.165, 1.54) is 127 Å². The minimum Gasteiger partial charge on any atom is -0.308 e. The lowest BCUT2D eigenvalue weighted by Crippen LogP contribution is -2.29. The van der Waals surface area contributed by atoms with Gasteiger partial charge < -0.3 is 4.40 Å². The van der Waals surface area contributed by atoms with Crippen molar-refractivity contribution in [3.8, 4) is 34.4 Å². The van der Waals surface area contributed by atoms with E-state index in [4.69, 9.17) is 0 Å². The highest BCUT2D eigenvalue weighted by molar-refractivity contribution is 6.29. The van der Waals surface area contributed by atoms with Gasteiger partial charge in [-0.15, -0.1) is 0 Å². The standard InChI is InChI=1S/C67H35N3/c68-32-34-29-52-60(62-54(34)56-39-18-1-5-22-43(39)58(62)44-23-6-2-19-40(44)56)48-31-47-38-17-11-14-28-51(38)67(49-26-12-9-15-36(49)37-16-10-13-27-50(37)67)65(47)64-61-53(70(52)66(48)64)30-35(33-69)55-57-41-20-3-7-24-45(41)59(63(55)61)46-25-8-4-21-42(46)57/h1-31,56-59H. The first kappa shape index (κ1) is 36.1. The van der Waals surface area contributed by atoms with E-state index in [9.17, 15) is 10.5 Å². The maximum atomic E-state index is 11.6. The molecule has 0 saturated carbocycles. The largest absolute Gasteiger partial charge is 0.308 e. The molecule has 0 saturated heterocycles. The molecule has 0 unspecified atom stereocenters. The molecule has 2 aromatic heterocycles. The van der Waals surface area contributed by atoms with Gasteiger partial charge in [0.15, 0.2) is 0 Å². The first-order chi connectivity index (χ1) is 34.7. The average Bonchev–Trinajstić information content (AvgIpc) is 4.13. The molecule has 8 aliphatic carbocycles. The van der Waals surface area contributed by atoms with E-state index in [-0.39, 0.29) is 23.7 Å². The summed E-state index contributed by atoms with van der Waals surface area (Å²) in [6, 6.07) is 76.0. The normalized spacial score (nSPS) is 18.9. The van der Waals surface area contributed by atoms with Crippen molar-refractivity contribution in [3.63, 3.8) is 0 Å². The number of hydrogen-bond donors (Lipinski definition) is 0. The zero-order valence-corrected chi connectivity index (χ0v) is 37.5. The zero-order chi connectivity index (χ0) is 45.5. The van der Waals surface area contributed by atoms with Crippen molar-refractivity contribution < 1.29 is 0 Å². The minimum atomic E-state index is -0.621. The van der Waals surface area contributed by atoms with Crippen molar-refractivity contribution in [1.29, 1.82) is 10.5 Å². The Bertz CT molecular complexity index is 4460. The number of fused-ring (bicyclic) bond motifs is 17. The van der Waals surface area contributed by atoms with E-state index in [2.05, 4.69) is 205 Å². The van der Waals surface area contributed by atoms with Gasteiger partial charge in [0.25, 0.3) is 0 Å². The topological polar surface area (TPSA) is 52.0 Å². The molecule has 2 heterocycles. The number of nitriles is 2. The van der Waals surface area contributed by atoms with Crippen LogP contribution < -0.4 is 0 Å². The van der Waals surface area contributed by atoms with Crippen molar-refractivity contribution in [2.45, 2.75) is 29.1 Å². The average molecular weight is 882 g/mol. The Morgan fingerprint density at radius 2 is 0.700 bits per heavy atom. The summed E-state index contributed by atoms with van der Waals surface area (Å²) in [4.78, 5) is 0. The molecule has 0 radical (unpaired) electrons. The SMILES string of the molecule is N#Cc1cc2c(c3c1C1c4ccccc4C3c3ccccc31)c1cc3c(c4c5c6c(c(C#N)cc5n2c14)C1c2ccccc2C6c2ccccc21)C1(c2ccccc2-c2ccccc21)c1ccccc1-3. The van der Waals surface area contributed by atoms with Gasteiger partial charge in [-0.1, -0.05) is 170 Å². The van der Waals surface area contributed by atoms with Crippen LogP contribution in [0.5, 0.6) is 0 Å². The molecule has 0 amide bonds. The minimum absolute atomic E-state index is 0.0491. The maximum Gasteiger partial charge on any atom is 0.0995 e. The van der Waals surface area contributed by atoms with E-state index in [0.717, 1.165) is 33.3 Å². The Hall–Kier alpha value is -9.02. The highest BCUT2D eigenvalue weighted by Gasteiger charge is 2.55. The van der Waals surface area contributed by atoms with Crippen LogP contribution in [0.25, 0.3) is 60.3 Å². The number of nitrogens with zero attached hydrogens (tertiary/aromatic N) is 3. The van der Waals surface area contributed by atoms with Crippen molar-refractivity contribution in [1.82, 2.24) is 4.40 Å². The molecular weight excluding hydrogens is 847 g/mol. The Balaban J connectivity index is 1.12. The molecule has 0 N–H and O–H groups in total. The molecule has 3 heteroatoms. The second-order valence-electron chi connectivity index (χ2n) is 20.6. The van der Waals surface area contributed by atoms with Crippen molar-refractivity contribution in [3.05, 3.63) is 288 Å². The van der Waals surface area contributed by atoms with E-state index >= 15 is 0 Å². The van der Waals surface area contributed by atoms with Gasteiger partial charge in [0.05, 0.1) is 45.2 Å². The summed E-state index contributed by atoms with van der Waals surface area (Å²) in [5.74, 6) is -0.266. The van der Waals surface area contributed by atoms with Gasteiger partial charge in [0.1, 0.15) is 0 Å². The van der Waals surface area contributed by atoms with Crippen LogP contribution in [-0.4, -0.2) is 4.40 Å². The van der Waals surface area contributed by atoms with Gasteiger partial charge in [-0.3, -0.25) is 0 Å². The van der Waals surface area contributed by atoms with Crippen LogP contribution in [0.2, 0.25) is 0 Å². The molecule has 70 heavy (non-hydrogen) atoms. The highest BCUT2D eigenvalue weighted by atomic mass is 14.9. The van der Waals surface area contributed by atoms with Crippen molar-refractivity contribution in [2.75, 3.05) is 0 Å². The molecule has 1 spiro atoms. The zero-order valence-electron chi connectivity index (χ0n) is 37.5. The van der Waals surface area contributed by atoms with Crippen LogP contribution in [0, 0.1) is 22.7 Å². The molecule has 10 aromatic carbocycles. The number of benzene rings is 10. The second kappa shape index (κ2) is 12.0. The van der Waals surface area contributed by atoms with Crippen LogP contribution in [0.15, 0.2) is 188 Å². The Kier molecular flexibility index (Phi) is 6.17. The summed E-state index contributed by atoms with van der Waals surface area (Å²) in [6.45, 7) is 0. The third kappa shape index (κ3) is 3.68. The van der Waals surface area contributed by atoms with Crippen LogP contribution in [0.1, 0.15) is 124 Å². The number of aromatic nitrogens is 1. The quantitative estimate of drug-likeness (QED) is 0.152. The molecule has 4 bridgehead atoms. The summed E-state index contributed by atoms with van der Waals surface area (Å²) < 4.78 is 2.52. The van der Waals surface area contributed by atoms with E-state index in [0.29, 0.717) is 0 Å². The Morgan fingerprint density at radius 3 is 1.11 bits per heavy atom. The molecule has 12 aromatic rings. The molecular formula is C67H35N3. The smallest absolute Gasteiger partial charge is 0.0995 e. The molecule has 3 nitrogen and oxygen atoms in total. The summed E-state index contributed by atoms with van der Waals surface area (Å²) in [6.07, 6.45) is 0. The van der Waals surface area contributed by atoms with Crippen LogP contribution >= 0.6 is 0 Å². The molecule has 0 fully saturated rings. The van der Waals surface area contributed by atoms with Gasteiger partial charge in [0, 0.05) is 45.2 Å². The van der Waals surface area contributed by atoms with Crippen molar-refractivity contribution >= 4 is 38.1 Å². The van der Waals surface area contributed by atoms with Crippen LogP contribution in [-0.2, 0) is 5.41 Å². The first-order valence-electron chi connectivity index (χ1n) is 24.6. The second-order valence-corrected chi connectivity index (χ2v) is 20.6. The van der Waals surface area contributed by atoms with Gasteiger partial charge in [-0.25, -0.2) is 0 Å².